The van der Waals surface area contributed by atoms with Crippen LogP contribution in [0.1, 0.15) is 17.0 Å². The van der Waals surface area contributed by atoms with Crippen molar-refractivity contribution in [1.29, 1.82) is 0 Å². The highest BCUT2D eigenvalue weighted by Gasteiger charge is 2.17. The fourth-order valence-corrected chi connectivity index (χ4v) is 4.05. The van der Waals surface area contributed by atoms with E-state index < -0.39 is 0 Å². The van der Waals surface area contributed by atoms with Gasteiger partial charge in [0.15, 0.2) is 11.4 Å². The van der Waals surface area contributed by atoms with E-state index in [0.29, 0.717) is 52.7 Å². The molecule has 0 saturated heterocycles. The van der Waals surface area contributed by atoms with Crippen LogP contribution in [0, 0.1) is 0 Å². The predicted molar refractivity (Wildman–Crippen MR) is 135 cm³/mol. The number of hydrogen-bond donors (Lipinski definition) is 1. The molecule has 3 heterocycles. The van der Waals surface area contributed by atoms with E-state index in [1.807, 2.05) is 54.6 Å². The van der Waals surface area contributed by atoms with Crippen LogP contribution in [0.15, 0.2) is 71.3 Å². The molecule has 1 N–H and O–H groups in total. The standard InChI is InChI=1S/C25H21BClN5O2/c1-31(25(33)22-13-16-7-2-5-10-21(16)34-22)12-6-11-28-23-14-20(17-8-3-4-9-19(17)27)30-24-18(26)15-29-32(23)24/h2-5,7-10,13-15,28H,6,11-12H2,1H3. The Morgan fingerprint density at radius 1 is 1.18 bits per heavy atom. The quantitative estimate of drug-likeness (QED) is 0.286. The summed E-state index contributed by atoms with van der Waals surface area (Å²) in [5.74, 6) is 0.926. The lowest BCUT2D eigenvalue weighted by atomic mass is 10.0. The second-order valence-corrected chi connectivity index (χ2v) is 8.40. The minimum atomic E-state index is -0.150. The molecule has 0 fully saturated rings. The van der Waals surface area contributed by atoms with Gasteiger partial charge in [0.2, 0.25) is 0 Å². The van der Waals surface area contributed by atoms with E-state index in [2.05, 4.69) is 15.4 Å². The molecule has 5 rings (SSSR count). The van der Waals surface area contributed by atoms with Crippen molar-refractivity contribution in [3.63, 3.8) is 0 Å². The molecule has 1 amide bonds. The highest BCUT2D eigenvalue weighted by molar-refractivity contribution is 6.36. The Kier molecular flexibility index (Phi) is 5.98. The number of carbonyl (C=O) groups is 1. The van der Waals surface area contributed by atoms with Crippen LogP contribution in [0.3, 0.4) is 0 Å². The zero-order valence-electron chi connectivity index (χ0n) is 18.5. The predicted octanol–water partition coefficient (Wildman–Crippen LogP) is 4.16. The molecule has 2 aromatic carbocycles. The molecule has 0 aliphatic carbocycles. The number of halogens is 1. The van der Waals surface area contributed by atoms with Crippen LogP contribution < -0.4 is 10.8 Å². The number of rotatable bonds is 7. The Morgan fingerprint density at radius 2 is 1.97 bits per heavy atom. The number of hydrogen-bond acceptors (Lipinski definition) is 5. The molecule has 9 heteroatoms. The Balaban J connectivity index is 1.27. The number of nitrogens with zero attached hydrogens (tertiary/aromatic N) is 4. The van der Waals surface area contributed by atoms with Crippen LogP contribution in [-0.2, 0) is 0 Å². The fraction of sp³-hybridized carbons (Fsp3) is 0.160. The molecule has 0 spiro atoms. The van der Waals surface area contributed by atoms with Crippen LogP contribution in [0.2, 0.25) is 5.02 Å². The number of nitrogens with one attached hydrogen (secondary N) is 1. The lowest BCUT2D eigenvalue weighted by molar-refractivity contribution is 0.0765. The van der Waals surface area contributed by atoms with Gasteiger partial charge in [-0.25, -0.2) is 4.98 Å². The lowest BCUT2D eigenvalue weighted by Gasteiger charge is -2.16. The van der Waals surface area contributed by atoms with Crippen molar-refractivity contribution >= 4 is 53.3 Å². The molecular formula is C25H21BClN5O2. The zero-order valence-corrected chi connectivity index (χ0v) is 19.3. The summed E-state index contributed by atoms with van der Waals surface area (Å²) < 4.78 is 7.36. The number of aromatic nitrogens is 3. The van der Waals surface area contributed by atoms with Crippen molar-refractivity contribution in [3.05, 3.63) is 77.6 Å². The average molecular weight is 470 g/mol. The van der Waals surface area contributed by atoms with Gasteiger partial charge in [0.05, 0.1) is 5.69 Å². The van der Waals surface area contributed by atoms with Crippen LogP contribution in [0.4, 0.5) is 5.82 Å². The summed E-state index contributed by atoms with van der Waals surface area (Å²) in [4.78, 5) is 19.1. The second kappa shape index (κ2) is 9.23. The molecule has 0 bridgehead atoms. The Hall–Kier alpha value is -3.78. The smallest absolute Gasteiger partial charge is 0.289 e. The van der Waals surface area contributed by atoms with Crippen LogP contribution in [0.5, 0.6) is 0 Å². The van der Waals surface area contributed by atoms with Crippen molar-refractivity contribution in [2.75, 3.05) is 25.5 Å². The lowest BCUT2D eigenvalue weighted by Crippen LogP contribution is -2.28. The topological polar surface area (TPSA) is 75.7 Å². The maximum atomic E-state index is 12.8. The normalized spacial score (nSPS) is 11.2. The number of para-hydroxylation sites is 1. The fourth-order valence-electron chi connectivity index (χ4n) is 3.82. The van der Waals surface area contributed by atoms with Gasteiger partial charge in [0.1, 0.15) is 19.2 Å². The molecule has 0 unspecified atom stereocenters. The zero-order chi connectivity index (χ0) is 23.7. The summed E-state index contributed by atoms with van der Waals surface area (Å²) in [6.45, 7) is 1.16. The number of anilines is 1. The van der Waals surface area contributed by atoms with Crippen molar-refractivity contribution in [1.82, 2.24) is 19.5 Å². The SMILES string of the molecule is [B]c1cnn2c(NCCCN(C)C(=O)c3cc4ccccc4o3)cc(-c3ccccc3Cl)nc12. The van der Waals surface area contributed by atoms with E-state index in [4.69, 9.17) is 23.9 Å². The van der Waals surface area contributed by atoms with Gasteiger partial charge < -0.3 is 14.6 Å². The Bertz CT molecular complexity index is 1460. The summed E-state index contributed by atoms with van der Waals surface area (Å²) in [5.41, 5.74) is 3.25. The number of furan rings is 1. The average Bonchev–Trinajstić information content (AvgIpc) is 3.45. The van der Waals surface area contributed by atoms with E-state index in [1.54, 1.807) is 28.7 Å². The number of carbonyl (C=O) groups excluding carboxylic acids is 1. The summed E-state index contributed by atoms with van der Waals surface area (Å²) in [6, 6.07) is 18.8. The van der Waals surface area contributed by atoms with Gasteiger partial charge in [0.25, 0.3) is 5.91 Å². The maximum absolute atomic E-state index is 12.8. The summed E-state index contributed by atoms with van der Waals surface area (Å²) in [6.07, 6.45) is 2.29. The van der Waals surface area contributed by atoms with Gasteiger partial charge >= 0.3 is 0 Å². The molecule has 34 heavy (non-hydrogen) atoms. The van der Waals surface area contributed by atoms with Crippen molar-refractivity contribution in [2.45, 2.75) is 6.42 Å². The number of fused-ring (bicyclic) bond motifs is 2. The highest BCUT2D eigenvalue weighted by atomic mass is 35.5. The van der Waals surface area contributed by atoms with Gasteiger partial charge in [0, 0.05) is 48.4 Å². The minimum Gasteiger partial charge on any atom is -0.451 e. The highest BCUT2D eigenvalue weighted by Crippen LogP contribution is 2.28. The molecule has 0 aliphatic heterocycles. The van der Waals surface area contributed by atoms with Crippen molar-refractivity contribution in [2.24, 2.45) is 0 Å². The molecular weight excluding hydrogens is 449 g/mol. The van der Waals surface area contributed by atoms with Gasteiger partial charge in [-0.3, -0.25) is 4.79 Å². The largest absolute Gasteiger partial charge is 0.451 e. The number of amides is 1. The van der Waals surface area contributed by atoms with E-state index in [0.717, 1.165) is 16.8 Å². The first-order chi connectivity index (χ1) is 16.5. The first kappa shape index (κ1) is 22.0. The molecule has 7 nitrogen and oxygen atoms in total. The molecule has 0 aliphatic rings. The van der Waals surface area contributed by atoms with Crippen LogP contribution >= 0.6 is 11.6 Å². The van der Waals surface area contributed by atoms with E-state index in [-0.39, 0.29) is 5.91 Å². The molecule has 2 radical (unpaired) electrons. The Morgan fingerprint density at radius 3 is 2.79 bits per heavy atom. The molecule has 168 valence electrons. The molecule has 3 aromatic heterocycles. The first-order valence-corrected chi connectivity index (χ1v) is 11.3. The summed E-state index contributed by atoms with van der Waals surface area (Å²) >= 11 is 6.38. The second-order valence-electron chi connectivity index (χ2n) is 8.00. The molecule has 0 atom stereocenters. The first-order valence-electron chi connectivity index (χ1n) is 10.9. The van der Waals surface area contributed by atoms with Crippen LogP contribution in [0.25, 0.3) is 27.9 Å². The van der Waals surface area contributed by atoms with Crippen molar-refractivity contribution in [3.8, 4) is 11.3 Å². The van der Waals surface area contributed by atoms with Gasteiger partial charge in [-0.15, -0.1) is 0 Å². The van der Waals surface area contributed by atoms with E-state index >= 15 is 0 Å². The van der Waals surface area contributed by atoms with Gasteiger partial charge in [-0.1, -0.05) is 48.0 Å². The third-order valence-corrected chi connectivity index (χ3v) is 5.94. The summed E-state index contributed by atoms with van der Waals surface area (Å²) in [7, 11) is 7.85. The summed E-state index contributed by atoms with van der Waals surface area (Å²) in [5, 5.41) is 9.24. The molecule has 0 saturated carbocycles. The minimum absolute atomic E-state index is 0.150. The van der Waals surface area contributed by atoms with Gasteiger partial charge in [-0.2, -0.15) is 9.61 Å². The van der Waals surface area contributed by atoms with E-state index in [1.165, 1.54) is 0 Å². The monoisotopic (exact) mass is 469 g/mol. The number of benzene rings is 2. The van der Waals surface area contributed by atoms with Gasteiger partial charge in [-0.05, 0) is 30.1 Å². The Labute approximate surface area is 202 Å². The van der Waals surface area contributed by atoms with Crippen LogP contribution in [-0.4, -0.2) is 53.4 Å². The third kappa shape index (κ3) is 4.24. The van der Waals surface area contributed by atoms with Crippen molar-refractivity contribution < 1.29 is 9.21 Å². The maximum Gasteiger partial charge on any atom is 0.289 e. The third-order valence-electron chi connectivity index (χ3n) is 5.61. The molecule has 5 aromatic rings. The van der Waals surface area contributed by atoms with E-state index in [9.17, 15) is 4.79 Å².